The van der Waals surface area contributed by atoms with Gasteiger partial charge in [0.05, 0.1) is 0 Å². The molecule has 0 saturated carbocycles. The van der Waals surface area contributed by atoms with Crippen LogP contribution >= 0.6 is 11.3 Å². The van der Waals surface area contributed by atoms with Crippen molar-refractivity contribution in [3.05, 3.63) is 22.5 Å². The number of halogens is 3. The van der Waals surface area contributed by atoms with Gasteiger partial charge >= 0.3 is 6.18 Å². The van der Waals surface area contributed by atoms with Crippen LogP contribution in [0.25, 0.3) is 4.96 Å². The summed E-state index contributed by atoms with van der Waals surface area (Å²) in [7, 11) is 0. The summed E-state index contributed by atoms with van der Waals surface area (Å²) in [5.41, 5.74) is 0.246. The fourth-order valence-electron chi connectivity index (χ4n) is 1.38. The number of imidazole rings is 1. The van der Waals surface area contributed by atoms with Crippen LogP contribution in [0, 0.1) is 6.92 Å². The third-order valence-electron chi connectivity index (χ3n) is 2.18. The molecular formula is C9H7F3N2OS. The van der Waals surface area contributed by atoms with E-state index in [1.165, 1.54) is 24.4 Å². The molecular weight excluding hydrogens is 241 g/mol. The van der Waals surface area contributed by atoms with Crippen LogP contribution < -0.4 is 0 Å². The number of carbonyl (C=O) groups is 1. The number of carbonyl (C=O) groups excluding carboxylic acids is 1. The maximum absolute atomic E-state index is 12.5. The molecule has 0 amide bonds. The Morgan fingerprint density at radius 1 is 1.50 bits per heavy atom. The molecule has 0 fully saturated rings. The maximum atomic E-state index is 12.5. The summed E-state index contributed by atoms with van der Waals surface area (Å²) in [5, 5.41) is 0. The lowest BCUT2D eigenvalue weighted by atomic mass is 10.3. The molecule has 86 valence electrons. The molecule has 0 aliphatic heterocycles. The van der Waals surface area contributed by atoms with E-state index < -0.39 is 11.1 Å². The van der Waals surface area contributed by atoms with Crippen LogP contribution in [-0.4, -0.2) is 15.2 Å². The van der Waals surface area contributed by atoms with E-state index in [-0.39, 0.29) is 22.1 Å². The number of Topliss-reactive ketones (excluding diaryl/α,β-unsaturated/α-hetero) is 1. The molecule has 3 nitrogen and oxygen atoms in total. The minimum Gasteiger partial charge on any atom is -0.294 e. The highest BCUT2D eigenvalue weighted by atomic mass is 32.1. The first kappa shape index (κ1) is 11.1. The van der Waals surface area contributed by atoms with Crippen molar-refractivity contribution in [3.63, 3.8) is 0 Å². The highest BCUT2D eigenvalue weighted by molar-refractivity contribution is 7.17. The summed E-state index contributed by atoms with van der Waals surface area (Å²) in [6.45, 7) is 2.68. The zero-order chi connectivity index (χ0) is 12.1. The van der Waals surface area contributed by atoms with E-state index in [0.29, 0.717) is 11.3 Å². The van der Waals surface area contributed by atoms with Gasteiger partial charge in [-0.15, -0.1) is 0 Å². The molecule has 0 unspecified atom stereocenters. The number of hydrogen-bond acceptors (Lipinski definition) is 3. The van der Waals surface area contributed by atoms with Gasteiger partial charge < -0.3 is 0 Å². The van der Waals surface area contributed by atoms with Crippen molar-refractivity contribution in [1.82, 2.24) is 9.38 Å². The van der Waals surface area contributed by atoms with E-state index in [9.17, 15) is 18.0 Å². The van der Waals surface area contributed by atoms with Gasteiger partial charge in [0.2, 0.25) is 0 Å². The highest BCUT2D eigenvalue weighted by Gasteiger charge is 2.36. The molecule has 0 spiro atoms. The zero-order valence-electron chi connectivity index (χ0n) is 8.42. The minimum absolute atomic E-state index is 0.0625. The lowest BCUT2D eigenvalue weighted by Crippen LogP contribution is -2.04. The number of nitrogens with zero attached hydrogens (tertiary/aromatic N) is 2. The quantitative estimate of drug-likeness (QED) is 0.727. The molecule has 0 atom stereocenters. The number of alkyl halides is 3. The summed E-state index contributed by atoms with van der Waals surface area (Å²) in [6.07, 6.45) is -3.04. The van der Waals surface area contributed by atoms with E-state index >= 15 is 0 Å². The largest absolute Gasteiger partial charge is 0.427 e. The fraction of sp³-hybridized carbons (Fsp3) is 0.333. The molecule has 0 saturated heterocycles. The van der Waals surface area contributed by atoms with Gasteiger partial charge in [0.15, 0.2) is 10.7 Å². The van der Waals surface area contributed by atoms with Gasteiger partial charge in [0.1, 0.15) is 10.6 Å². The average Bonchev–Trinajstić information content (AvgIpc) is 2.64. The van der Waals surface area contributed by atoms with Crippen molar-refractivity contribution in [3.8, 4) is 0 Å². The van der Waals surface area contributed by atoms with Crippen molar-refractivity contribution in [2.45, 2.75) is 20.0 Å². The highest BCUT2D eigenvalue weighted by Crippen LogP contribution is 2.37. The van der Waals surface area contributed by atoms with Gasteiger partial charge in [-0.2, -0.15) is 13.2 Å². The van der Waals surface area contributed by atoms with Crippen molar-refractivity contribution in [2.24, 2.45) is 0 Å². The molecule has 0 bridgehead atoms. The van der Waals surface area contributed by atoms with E-state index in [4.69, 9.17) is 0 Å². The molecule has 0 N–H and O–H groups in total. The van der Waals surface area contributed by atoms with E-state index in [1.54, 1.807) is 0 Å². The normalized spacial score (nSPS) is 12.3. The molecule has 2 rings (SSSR count). The number of hydrogen-bond donors (Lipinski definition) is 0. The average molecular weight is 248 g/mol. The minimum atomic E-state index is -4.37. The second-order valence-corrected chi connectivity index (χ2v) is 4.33. The first-order valence-corrected chi connectivity index (χ1v) is 5.19. The fourth-order valence-corrected chi connectivity index (χ4v) is 2.36. The van der Waals surface area contributed by atoms with Crippen LogP contribution in [-0.2, 0) is 6.18 Å². The molecule has 0 aromatic carbocycles. The first-order chi connectivity index (χ1) is 7.30. The molecule has 2 aromatic heterocycles. The van der Waals surface area contributed by atoms with Crippen LogP contribution in [0.4, 0.5) is 13.2 Å². The Morgan fingerprint density at radius 3 is 2.56 bits per heavy atom. The molecule has 16 heavy (non-hydrogen) atoms. The Morgan fingerprint density at radius 2 is 2.12 bits per heavy atom. The Labute approximate surface area is 92.5 Å². The summed E-state index contributed by atoms with van der Waals surface area (Å²) >= 11 is 0.544. The third kappa shape index (κ3) is 1.60. The van der Waals surface area contributed by atoms with Crippen molar-refractivity contribution >= 4 is 22.1 Å². The number of aromatic nitrogens is 2. The van der Waals surface area contributed by atoms with E-state index in [0.717, 1.165) is 0 Å². The Kier molecular flexibility index (Phi) is 2.30. The predicted octanol–water partition coefficient (Wildman–Crippen LogP) is 2.93. The van der Waals surface area contributed by atoms with Crippen LogP contribution in [0.15, 0.2) is 6.20 Å². The lowest BCUT2D eigenvalue weighted by Gasteiger charge is -2.03. The number of aryl methyl sites for hydroxylation is 1. The number of fused-ring (bicyclic) bond motifs is 1. The maximum Gasteiger partial charge on any atom is 0.427 e. The van der Waals surface area contributed by atoms with Gasteiger partial charge in [0.25, 0.3) is 0 Å². The van der Waals surface area contributed by atoms with Crippen molar-refractivity contribution in [2.75, 3.05) is 0 Å². The van der Waals surface area contributed by atoms with E-state index in [1.807, 2.05) is 0 Å². The summed E-state index contributed by atoms with van der Waals surface area (Å²) in [4.78, 5) is 14.4. The Hall–Kier alpha value is -1.37. The SMILES string of the molecule is CC(=O)c1cn2c(C)c(C(F)(F)F)sc2n1. The Balaban J connectivity index is 2.64. The summed E-state index contributed by atoms with van der Waals surface area (Å²) in [6, 6.07) is 0. The topological polar surface area (TPSA) is 34.4 Å². The summed E-state index contributed by atoms with van der Waals surface area (Å²) in [5.74, 6) is -0.260. The monoisotopic (exact) mass is 248 g/mol. The molecule has 7 heteroatoms. The zero-order valence-corrected chi connectivity index (χ0v) is 9.24. The van der Waals surface area contributed by atoms with Crippen molar-refractivity contribution < 1.29 is 18.0 Å². The molecule has 0 aliphatic carbocycles. The number of ketones is 1. The van der Waals surface area contributed by atoms with Crippen molar-refractivity contribution in [1.29, 1.82) is 0 Å². The van der Waals surface area contributed by atoms with Gasteiger partial charge in [0, 0.05) is 18.8 Å². The van der Waals surface area contributed by atoms with Gasteiger partial charge in [-0.25, -0.2) is 4.98 Å². The smallest absolute Gasteiger partial charge is 0.294 e. The van der Waals surface area contributed by atoms with E-state index in [2.05, 4.69) is 4.98 Å². The van der Waals surface area contributed by atoms with Crippen LogP contribution in [0.3, 0.4) is 0 Å². The molecule has 2 heterocycles. The first-order valence-electron chi connectivity index (χ1n) is 4.37. The number of thiazole rings is 1. The molecule has 0 radical (unpaired) electrons. The second kappa shape index (κ2) is 3.31. The third-order valence-corrected chi connectivity index (χ3v) is 3.38. The van der Waals surface area contributed by atoms with Crippen LogP contribution in [0.2, 0.25) is 0 Å². The predicted molar refractivity (Wildman–Crippen MR) is 52.8 cm³/mol. The molecule has 0 aliphatic rings. The Bertz CT molecular complexity index is 567. The number of rotatable bonds is 1. The van der Waals surface area contributed by atoms with Gasteiger partial charge in [-0.1, -0.05) is 11.3 Å². The van der Waals surface area contributed by atoms with Gasteiger partial charge in [-0.3, -0.25) is 9.20 Å². The van der Waals surface area contributed by atoms with Gasteiger partial charge in [-0.05, 0) is 6.92 Å². The second-order valence-electron chi connectivity index (χ2n) is 3.35. The molecule has 2 aromatic rings. The van der Waals surface area contributed by atoms with Crippen LogP contribution in [0.5, 0.6) is 0 Å². The summed E-state index contributed by atoms with van der Waals surface area (Å²) < 4.78 is 38.9. The van der Waals surface area contributed by atoms with Crippen LogP contribution in [0.1, 0.15) is 28.0 Å². The standard InChI is InChI=1S/C9H7F3N2OS/c1-4-7(9(10,11)12)16-8-13-6(5(2)15)3-14(4)8/h3H,1-2H3. The lowest BCUT2D eigenvalue weighted by molar-refractivity contribution is -0.135.